The maximum absolute atomic E-state index is 11.6. The minimum atomic E-state index is -2.26. The fraction of sp³-hybridized carbons (Fsp3) is 0.250. The summed E-state index contributed by atoms with van der Waals surface area (Å²) in [5.41, 5.74) is 0. The molecule has 0 aliphatic carbocycles. The minimum absolute atomic E-state index is 0.212. The van der Waals surface area contributed by atoms with E-state index in [-0.39, 0.29) is 6.42 Å². The summed E-state index contributed by atoms with van der Waals surface area (Å²) in [6.45, 7) is 2.86. The van der Waals surface area contributed by atoms with Gasteiger partial charge in [0.15, 0.2) is 0 Å². The smallest absolute Gasteiger partial charge is 0.210 e. The number of hydrogen-bond donors (Lipinski definition) is 0. The largest absolute Gasteiger partial charge is 0.212 e. The number of halogens is 1. The molecule has 0 aliphatic rings. The normalized spacial score (nSPS) is 8.12. The van der Waals surface area contributed by atoms with Gasteiger partial charge in [-0.25, -0.2) is 4.39 Å². The first-order chi connectivity index (χ1) is 3.63. The Morgan fingerprint density at radius 1 is 1.75 bits per heavy atom. The highest BCUT2D eigenvalue weighted by molar-refractivity contribution is 7.71. The highest BCUT2D eigenvalue weighted by Gasteiger charge is 1.82. The van der Waals surface area contributed by atoms with Crippen molar-refractivity contribution in [3.8, 4) is 0 Å². The second-order valence-electron chi connectivity index (χ2n) is 1.15. The third-order valence-electron chi connectivity index (χ3n) is 0.441. The number of hydrogen-bond acceptors (Lipinski definition) is 2. The summed E-state index contributed by atoms with van der Waals surface area (Å²) in [5.74, 6) is -0.644. The van der Waals surface area contributed by atoms with E-state index in [1.54, 1.807) is 0 Å². The third kappa shape index (κ3) is 5.36. The van der Waals surface area contributed by atoms with Crippen LogP contribution in [0.15, 0.2) is 12.4 Å². The average molecular weight is 136 g/mol. The van der Waals surface area contributed by atoms with E-state index in [9.17, 15) is 12.8 Å². The zero-order chi connectivity index (χ0) is 6.57. The van der Waals surface area contributed by atoms with Gasteiger partial charge < -0.3 is 0 Å². The van der Waals surface area contributed by atoms with Crippen molar-refractivity contribution in [1.82, 2.24) is 0 Å². The molecular formula is C4H5FO2S. The summed E-state index contributed by atoms with van der Waals surface area (Å²) in [5, 5.41) is 0.808. The van der Waals surface area contributed by atoms with Gasteiger partial charge in [-0.2, -0.15) is 8.42 Å². The van der Waals surface area contributed by atoms with Crippen molar-refractivity contribution in [3.05, 3.63) is 12.4 Å². The van der Waals surface area contributed by atoms with Gasteiger partial charge in [-0.15, -0.1) is 0 Å². The van der Waals surface area contributed by atoms with Gasteiger partial charge in [-0.05, 0) is 0 Å². The highest BCUT2D eigenvalue weighted by Crippen LogP contribution is 1.92. The zero-order valence-corrected chi connectivity index (χ0v) is 4.91. The Morgan fingerprint density at radius 2 is 2.25 bits per heavy atom. The van der Waals surface area contributed by atoms with Crippen LogP contribution >= 0.6 is 0 Å². The second-order valence-corrected chi connectivity index (χ2v) is 2.00. The van der Waals surface area contributed by atoms with Gasteiger partial charge >= 0.3 is 0 Å². The molecule has 0 radical (unpaired) electrons. The van der Waals surface area contributed by atoms with Crippen molar-refractivity contribution >= 4 is 15.7 Å². The molecule has 0 aliphatic heterocycles. The Labute approximate surface area is 48.2 Å². The molecule has 0 saturated carbocycles. The number of rotatable bonds is 2. The molecule has 0 rings (SSSR count). The molecular weight excluding hydrogens is 131 g/mol. The molecule has 0 fully saturated rings. The highest BCUT2D eigenvalue weighted by atomic mass is 32.2. The molecule has 4 heteroatoms. The van der Waals surface area contributed by atoms with Gasteiger partial charge in [0.1, 0.15) is 0 Å². The summed E-state index contributed by atoms with van der Waals surface area (Å²) in [7, 11) is -2.26. The van der Waals surface area contributed by atoms with Crippen molar-refractivity contribution in [1.29, 1.82) is 0 Å². The Bertz CT molecular complexity index is 194. The summed E-state index contributed by atoms with van der Waals surface area (Å²) in [6, 6.07) is 0. The summed E-state index contributed by atoms with van der Waals surface area (Å²) in [4.78, 5) is 0. The standard InChI is InChI=1S/C4H5FO2S/c1-4(5)2-3-8(6)7/h3H,1-2H2. The lowest BCUT2D eigenvalue weighted by molar-refractivity contribution is 0.622. The minimum Gasteiger partial charge on any atom is -0.212 e. The molecule has 8 heavy (non-hydrogen) atoms. The van der Waals surface area contributed by atoms with Crippen LogP contribution in [0.5, 0.6) is 0 Å². The van der Waals surface area contributed by atoms with E-state index in [2.05, 4.69) is 6.58 Å². The lowest BCUT2D eigenvalue weighted by Gasteiger charge is -1.76. The first-order valence-electron chi connectivity index (χ1n) is 1.87. The lowest BCUT2D eigenvalue weighted by atomic mass is 10.5. The molecule has 2 nitrogen and oxygen atoms in total. The van der Waals surface area contributed by atoms with Crippen molar-refractivity contribution in [3.63, 3.8) is 0 Å². The molecule has 0 unspecified atom stereocenters. The van der Waals surface area contributed by atoms with E-state index in [4.69, 9.17) is 0 Å². The zero-order valence-electron chi connectivity index (χ0n) is 4.09. The molecule has 0 spiro atoms. The van der Waals surface area contributed by atoms with Gasteiger partial charge in [-0.3, -0.25) is 0 Å². The van der Waals surface area contributed by atoms with Gasteiger partial charge in [0.05, 0.1) is 5.83 Å². The molecule has 0 saturated heterocycles. The summed E-state index contributed by atoms with van der Waals surface area (Å²) < 4.78 is 30.8. The predicted molar refractivity (Wildman–Crippen MR) is 29.8 cm³/mol. The number of allylic oxidation sites excluding steroid dienone is 1. The molecule has 0 aromatic heterocycles. The van der Waals surface area contributed by atoms with Crippen molar-refractivity contribution < 1.29 is 12.8 Å². The Morgan fingerprint density at radius 3 is 2.38 bits per heavy atom. The van der Waals surface area contributed by atoms with Gasteiger partial charge in [0.2, 0.25) is 10.3 Å². The van der Waals surface area contributed by atoms with Crippen LogP contribution in [-0.4, -0.2) is 13.8 Å². The topological polar surface area (TPSA) is 34.1 Å². The third-order valence-corrected chi connectivity index (χ3v) is 0.880. The van der Waals surface area contributed by atoms with Crippen molar-refractivity contribution in [2.75, 3.05) is 0 Å². The van der Waals surface area contributed by atoms with Crippen LogP contribution in [0.4, 0.5) is 4.39 Å². The van der Waals surface area contributed by atoms with Crippen LogP contribution in [0.25, 0.3) is 0 Å². The Kier molecular flexibility index (Phi) is 3.10. The Hall–Kier alpha value is -0.640. The van der Waals surface area contributed by atoms with Crippen molar-refractivity contribution in [2.45, 2.75) is 6.42 Å². The molecule has 0 atom stereocenters. The van der Waals surface area contributed by atoms with E-state index < -0.39 is 16.1 Å². The monoisotopic (exact) mass is 136 g/mol. The predicted octanol–water partition coefficient (Wildman–Crippen LogP) is 0.541. The van der Waals surface area contributed by atoms with Gasteiger partial charge in [-0.1, -0.05) is 6.58 Å². The molecule has 0 heterocycles. The average Bonchev–Trinajstić information content (AvgIpc) is 1.61. The summed E-state index contributed by atoms with van der Waals surface area (Å²) >= 11 is 0. The first kappa shape index (κ1) is 7.36. The van der Waals surface area contributed by atoms with Gasteiger partial charge in [0, 0.05) is 11.8 Å². The lowest BCUT2D eigenvalue weighted by Crippen LogP contribution is -1.74. The summed E-state index contributed by atoms with van der Waals surface area (Å²) in [6.07, 6.45) is -0.212. The molecule has 46 valence electrons. The Balaban J connectivity index is 3.81. The van der Waals surface area contributed by atoms with Crippen LogP contribution in [0, 0.1) is 0 Å². The quantitative estimate of drug-likeness (QED) is 0.519. The van der Waals surface area contributed by atoms with Crippen molar-refractivity contribution in [2.24, 2.45) is 0 Å². The molecule has 0 aromatic carbocycles. The van der Waals surface area contributed by atoms with Crippen LogP contribution < -0.4 is 0 Å². The maximum Gasteiger partial charge on any atom is 0.210 e. The molecule has 0 aromatic rings. The first-order valence-corrected chi connectivity index (χ1v) is 3.01. The van der Waals surface area contributed by atoms with Gasteiger partial charge in [0.25, 0.3) is 0 Å². The fourth-order valence-corrected chi connectivity index (χ4v) is 0.475. The maximum atomic E-state index is 11.6. The van der Waals surface area contributed by atoms with Crippen LogP contribution in [-0.2, 0) is 10.3 Å². The van der Waals surface area contributed by atoms with E-state index >= 15 is 0 Å². The molecule has 0 bridgehead atoms. The van der Waals surface area contributed by atoms with Crippen LogP contribution in [0.1, 0.15) is 6.42 Å². The SMILES string of the molecule is C=C(F)CC=S(=O)=O. The van der Waals surface area contributed by atoms with Crippen LogP contribution in [0.3, 0.4) is 0 Å². The second kappa shape index (κ2) is 3.37. The van der Waals surface area contributed by atoms with E-state index in [0.29, 0.717) is 0 Å². The van der Waals surface area contributed by atoms with E-state index in [0.717, 1.165) is 5.37 Å². The van der Waals surface area contributed by atoms with E-state index in [1.807, 2.05) is 0 Å². The van der Waals surface area contributed by atoms with E-state index in [1.165, 1.54) is 0 Å². The fourth-order valence-electron chi connectivity index (χ4n) is 0.158. The molecule has 0 N–H and O–H groups in total. The van der Waals surface area contributed by atoms with Crippen LogP contribution in [0.2, 0.25) is 0 Å². The molecule has 0 amide bonds.